The highest BCUT2D eigenvalue weighted by Gasteiger charge is 1.98. The lowest BCUT2D eigenvalue weighted by atomic mass is 10.1. The highest BCUT2D eigenvalue weighted by molar-refractivity contribution is 5.48. The van der Waals surface area contributed by atoms with Crippen LogP contribution in [0.2, 0.25) is 0 Å². The van der Waals surface area contributed by atoms with Gasteiger partial charge in [0.1, 0.15) is 0 Å². The first kappa shape index (κ1) is 10.5. The van der Waals surface area contributed by atoms with Crippen molar-refractivity contribution < 1.29 is 5.21 Å². The summed E-state index contributed by atoms with van der Waals surface area (Å²) >= 11 is 0. The Morgan fingerprint density at radius 2 is 1.88 bits per heavy atom. The normalized spacial score (nSPS) is 11.8. The maximum atomic E-state index is 9.55. The summed E-state index contributed by atoms with van der Waals surface area (Å²) in [4.78, 5) is 4.41. The highest BCUT2D eigenvalue weighted by Crippen LogP contribution is 2.20. The van der Waals surface area contributed by atoms with E-state index in [1.54, 1.807) is 18.3 Å². The van der Waals surface area contributed by atoms with E-state index < -0.39 is 0 Å². The summed E-state index contributed by atoms with van der Waals surface area (Å²) in [5, 5.41) is 9.55. The topological polar surface area (TPSA) is 37.5 Å². The highest BCUT2D eigenvalue weighted by atomic mass is 16.5. The van der Waals surface area contributed by atoms with Crippen molar-refractivity contribution in [1.82, 2.24) is 4.73 Å². The zero-order valence-electron chi connectivity index (χ0n) is 9.38. The lowest BCUT2D eigenvalue weighted by Gasteiger charge is -2.03. The maximum absolute atomic E-state index is 9.55. The SMILES string of the molecule is Cc1cccc(N=c2ccccn2O)c1C. The van der Waals surface area contributed by atoms with Crippen LogP contribution >= 0.6 is 0 Å². The van der Waals surface area contributed by atoms with Crippen molar-refractivity contribution in [1.29, 1.82) is 0 Å². The van der Waals surface area contributed by atoms with Gasteiger partial charge in [-0.25, -0.2) is 4.99 Å². The van der Waals surface area contributed by atoms with E-state index in [0.29, 0.717) is 5.49 Å². The summed E-state index contributed by atoms with van der Waals surface area (Å²) in [6, 6.07) is 11.3. The molecule has 1 heterocycles. The number of pyridine rings is 1. The zero-order chi connectivity index (χ0) is 11.5. The lowest BCUT2D eigenvalue weighted by Crippen LogP contribution is -2.16. The van der Waals surface area contributed by atoms with E-state index in [1.165, 1.54) is 5.56 Å². The minimum atomic E-state index is 0.524. The molecule has 3 heteroatoms. The van der Waals surface area contributed by atoms with Crippen molar-refractivity contribution in [3.05, 3.63) is 59.2 Å². The Bertz CT molecular complexity index is 570. The average molecular weight is 214 g/mol. The molecule has 0 saturated heterocycles. The van der Waals surface area contributed by atoms with Gasteiger partial charge in [-0.3, -0.25) is 0 Å². The van der Waals surface area contributed by atoms with Gasteiger partial charge in [-0.2, -0.15) is 4.73 Å². The van der Waals surface area contributed by atoms with E-state index in [-0.39, 0.29) is 0 Å². The number of rotatable bonds is 1. The molecule has 16 heavy (non-hydrogen) atoms. The summed E-state index contributed by atoms with van der Waals surface area (Å²) in [6.07, 6.45) is 1.56. The van der Waals surface area contributed by atoms with Crippen molar-refractivity contribution in [3.63, 3.8) is 0 Å². The van der Waals surface area contributed by atoms with Crippen molar-refractivity contribution in [2.45, 2.75) is 13.8 Å². The molecule has 0 bridgehead atoms. The van der Waals surface area contributed by atoms with Gasteiger partial charge in [0, 0.05) is 6.20 Å². The molecule has 0 aliphatic rings. The van der Waals surface area contributed by atoms with Crippen molar-refractivity contribution >= 4 is 5.69 Å². The number of aromatic nitrogens is 1. The van der Waals surface area contributed by atoms with Gasteiger partial charge in [0.05, 0.1) is 5.69 Å². The van der Waals surface area contributed by atoms with Crippen molar-refractivity contribution in [2.75, 3.05) is 0 Å². The first-order valence-electron chi connectivity index (χ1n) is 5.16. The van der Waals surface area contributed by atoms with E-state index in [2.05, 4.69) is 4.99 Å². The summed E-state index contributed by atoms with van der Waals surface area (Å²) in [7, 11) is 0. The van der Waals surface area contributed by atoms with Gasteiger partial charge in [0.15, 0.2) is 5.49 Å². The Kier molecular flexibility index (Phi) is 2.77. The average Bonchev–Trinajstić information content (AvgIpc) is 2.28. The lowest BCUT2D eigenvalue weighted by molar-refractivity contribution is 0.172. The molecule has 3 nitrogen and oxygen atoms in total. The number of benzene rings is 1. The molecule has 0 amide bonds. The van der Waals surface area contributed by atoms with Gasteiger partial charge in [-0.15, -0.1) is 0 Å². The summed E-state index contributed by atoms with van der Waals surface area (Å²) in [6.45, 7) is 4.07. The van der Waals surface area contributed by atoms with E-state index >= 15 is 0 Å². The molecule has 2 rings (SSSR count). The monoisotopic (exact) mass is 214 g/mol. The smallest absolute Gasteiger partial charge is 0.168 e. The molecule has 0 aliphatic carbocycles. The summed E-state index contributed by atoms with van der Waals surface area (Å²) in [5.74, 6) is 0. The van der Waals surface area contributed by atoms with Crippen LogP contribution in [0, 0.1) is 13.8 Å². The molecule has 0 aliphatic heterocycles. The number of nitrogens with zero attached hydrogens (tertiary/aromatic N) is 2. The minimum absolute atomic E-state index is 0.524. The molecule has 0 spiro atoms. The Labute approximate surface area is 94.3 Å². The Hall–Kier alpha value is -2.03. The molecule has 82 valence electrons. The third-order valence-corrected chi connectivity index (χ3v) is 2.63. The quantitative estimate of drug-likeness (QED) is 0.728. The van der Waals surface area contributed by atoms with Crippen LogP contribution in [0.5, 0.6) is 0 Å². The van der Waals surface area contributed by atoms with Crippen LogP contribution in [0.1, 0.15) is 11.1 Å². The molecule has 0 unspecified atom stereocenters. The second-order valence-electron chi connectivity index (χ2n) is 3.73. The van der Waals surface area contributed by atoms with Gasteiger partial charge >= 0.3 is 0 Å². The first-order valence-corrected chi connectivity index (χ1v) is 5.16. The maximum Gasteiger partial charge on any atom is 0.168 e. The van der Waals surface area contributed by atoms with E-state index in [4.69, 9.17) is 0 Å². The van der Waals surface area contributed by atoms with Gasteiger partial charge in [-0.1, -0.05) is 18.2 Å². The molecule has 1 aromatic carbocycles. The van der Waals surface area contributed by atoms with Crippen LogP contribution in [0.4, 0.5) is 5.69 Å². The molecule has 2 aromatic rings. The van der Waals surface area contributed by atoms with E-state index in [1.807, 2.05) is 38.1 Å². The van der Waals surface area contributed by atoms with E-state index in [0.717, 1.165) is 16.0 Å². The second kappa shape index (κ2) is 4.23. The van der Waals surface area contributed by atoms with Crippen LogP contribution in [0.25, 0.3) is 0 Å². The minimum Gasteiger partial charge on any atom is -0.427 e. The number of aryl methyl sites for hydroxylation is 1. The van der Waals surface area contributed by atoms with Crippen LogP contribution in [-0.4, -0.2) is 9.94 Å². The van der Waals surface area contributed by atoms with Gasteiger partial charge in [0.2, 0.25) is 0 Å². The molecule has 0 saturated carbocycles. The predicted molar refractivity (Wildman–Crippen MR) is 62.8 cm³/mol. The molecule has 1 N–H and O–H groups in total. The van der Waals surface area contributed by atoms with Crippen LogP contribution in [0.3, 0.4) is 0 Å². The Morgan fingerprint density at radius 3 is 2.62 bits per heavy atom. The number of hydrogen-bond donors (Lipinski definition) is 1. The molecule has 0 radical (unpaired) electrons. The first-order chi connectivity index (χ1) is 7.68. The second-order valence-corrected chi connectivity index (χ2v) is 3.73. The van der Waals surface area contributed by atoms with Crippen LogP contribution in [-0.2, 0) is 0 Å². The standard InChI is InChI=1S/C13H14N2O/c1-10-6-5-7-12(11(10)2)14-13-8-3-4-9-15(13)16/h3-9,16H,1-2H3. The third kappa shape index (κ3) is 1.98. The molecular formula is C13H14N2O. The molecule has 1 aromatic heterocycles. The number of hydrogen-bond acceptors (Lipinski definition) is 2. The zero-order valence-corrected chi connectivity index (χ0v) is 9.38. The fraction of sp³-hybridized carbons (Fsp3) is 0.154. The Morgan fingerprint density at radius 1 is 1.06 bits per heavy atom. The van der Waals surface area contributed by atoms with E-state index in [9.17, 15) is 5.21 Å². The van der Waals surface area contributed by atoms with Gasteiger partial charge in [0.25, 0.3) is 0 Å². The van der Waals surface area contributed by atoms with Gasteiger partial charge < -0.3 is 5.21 Å². The third-order valence-electron chi connectivity index (χ3n) is 2.63. The Balaban J connectivity index is 2.60. The van der Waals surface area contributed by atoms with Crippen LogP contribution < -0.4 is 5.49 Å². The van der Waals surface area contributed by atoms with Crippen molar-refractivity contribution in [2.24, 2.45) is 4.99 Å². The van der Waals surface area contributed by atoms with Crippen LogP contribution in [0.15, 0.2) is 47.6 Å². The summed E-state index contributed by atoms with van der Waals surface area (Å²) in [5.41, 5.74) is 3.73. The molecule has 0 atom stereocenters. The largest absolute Gasteiger partial charge is 0.427 e. The van der Waals surface area contributed by atoms with Gasteiger partial charge in [-0.05, 0) is 43.2 Å². The predicted octanol–water partition coefficient (Wildman–Crippen LogP) is 2.57. The molecular weight excluding hydrogens is 200 g/mol. The fourth-order valence-electron chi connectivity index (χ4n) is 1.49. The summed E-state index contributed by atoms with van der Waals surface area (Å²) < 4.78 is 1.02. The fourth-order valence-corrected chi connectivity index (χ4v) is 1.49. The van der Waals surface area contributed by atoms with Crippen molar-refractivity contribution in [3.8, 4) is 0 Å². The molecule has 0 fully saturated rings.